The molecule has 0 bridgehead atoms. The van der Waals surface area contributed by atoms with Crippen molar-refractivity contribution in [2.24, 2.45) is 0 Å². The Kier molecular flexibility index (Phi) is 8.81. The SMILES string of the molecule is CC.CNC(=O)CCCN1CCCC(=O)C1. The van der Waals surface area contributed by atoms with Crippen LogP contribution in [0.3, 0.4) is 0 Å². The zero-order chi connectivity index (χ0) is 12.4. The summed E-state index contributed by atoms with van der Waals surface area (Å²) in [4.78, 5) is 24.2. The molecule has 0 saturated carbocycles. The first-order chi connectivity index (χ1) is 7.72. The van der Waals surface area contributed by atoms with Crippen molar-refractivity contribution in [1.82, 2.24) is 10.2 Å². The van der Waals surface area contributed by atoms with E-state index in [0.29, 0.717) is 18.7 Å². The van der Waals surface area contributed by atoms with E-state index in [2.05, 4.69) is 10.2 Å². The fraction of sp³-hybridized carbons (Fsp3) is 0.833. The molecule has 1 fully saturated rings. The van der Waals surface area contributed by atoms with Crippen molar-refractivity contribution in [1.29, 1.82) is 0 Å². The molecule has 16 heavy (non-hydrogen) atoms. The second-order valence-electron chi connectivity index (χ2n) is 3.70. The largest absolute Gasteiger partial charge is 0.359 e. The Morgan fingerprint density at radius 3 is 2.69 bits per heavy atom. The Labute approximate surface area is 98.4 Å². The van der Waals surface area contributed by atoms with Gasteiger partial charge in [0.05, 0.1) is 6.54 Å². The fourth-order valence-corrected chi connectivity index (χ4v) is 1.69. The third-order valence-electron chi connectivity index (χ3n) is 2.49. The molecule has 1 aliphatic rings. The molecule has 0 aromatic heterocycles. The van der Waals surface area contributed by atoms with Crippen LogP contribution in [-0.4, -0.2) is 43.3 Å². The Morgan fingerprint density at radius 1 is 1.44 bits per heavy atom. The molecule has 1 heterocycles. The highest BCUT2D eigenvalue weighted by atomic mass is 16.1. The number of hydrogen-bond donors (Lipinski definition) is 1. The second-order valence-corrected chi connectivity index (χ2v) is 3.70. The minimum Gasteiger partial charge on any atom is -0.359 e. The van der Waals surface area contributed by atoms with E-state index in [1.165, 1.54) is 0 Å². The second kappa shape index (κ2) is 9.33. The summed E-state index contributed by atoms with van der Waals surface area (Å²) >= 11 is 0. The molecule has 0 radical (unpaired) electrons. The smallest absolute Gasteiger partial charge is 0.219 e. The molecular formula is C12H24N2O2. The van der Waals surface area contributed by atoms with Crippen molar-refractivity contribution < 1.29 is 9.59 Å². The summed E-state index contributed by atoms with van der Waals surface area (Å²) in [7, 11) is 1.65. The summed E-state index contributed by atoms with van der Waals surface area (Å²) in [6.07, 6.45) is 3.10. The van der Waals surface area contributed by atoms with Crippen molar-refractivity contribution in [3.05, 3.63) is 0 Å². The molecular weight excluding hydrogens is 204 g/mol. The van der Waals surface area contributed by atoms with Crippen LogP contribution >= 0.6 is 0 Å². The van der Waals surface area contributed by atoms with Gasteiger partial charge < -0.3 is 5.32 Å². The summed E-state index contributed by atoms with van der Waals surface area (Å²) in [5.74, 6) is 0.407. The van der Waals surface area contributed by atoms with Gasteiger partial charge in [-0.05, 0) is 25.9 Å². The van der Waals surface area contributed by atoms with Crippen LogP contribution in [0.1, 0.15) is 39.5 Å². The molecule has 0 aliphatic carbocycles. The van der Waals surface area contributed by atoms with Crippen LogP contribution in [0.2, 0.25) is 0 Å². The number of amides is 1. The van der Waals surface area contributed by atoms with E-state index >= 15 is 0 Å². The van der Waals surface area contributed by atoms with Crippen LogP contribution in [-0.2, 0) is 9.59 Å². The number of Topliss-reactive ketones (excluding diaryl/α,β-unsaturated/α-hetero) is 1. The molecule has 0 unspecified atom stereocenters. The first kappa shape index (κ1) is 15.1. The van der Waals surface area contributed by atoms with E-state index in [1.807, 2.05) is 13.8 Å². The molecule has 0 aromatic rings. The maximum absolute atomic E-state index is 11.1. The van der Waals surface area contributed by atoms with Crippen molar-refractivity contribution in [2.75, 3.05) is 26.7 Å². The average Bonchev–Trinajstić information content (AvgIpc) is 2.31. The van der Waals surface area contributed by atoms with Crippen LogP contribution in [0.15, 0.2) is 0 Å². The Bertz CT molecular complexity index is 217. The average molecular weight is 228 g/mol. The summed E-state index contributed by atoms with van der Waals surface area (Å²) in [5, 5.41) is 2.59. The predicted molar refractivity (Wildman–Crippen MR) is 65.3 cm³/mol. The lowest BCUT2D eigenvalue weighted by molar-refractivity contribution is -0.122. The zero-order valence-corrected chi connectivity index (χ0v) is 10.7. The number of ketones is 1. The third-order valence-corrected chi connectivity index (χ3v) is 2.49. The molecule has 4 heteroatoms. The number of nitrogens with one attached hydrogen (secondary N) is 1. The van der Waals surface area contributed by atoms with Gasteiger partial charge in [-0.1, -0.05) is 13.8 Å². The Morgan fingerprint density at radius 2 is 2.12 bits per heavy atom. The van der Waals surface area contributed by atoms with Crippen LogP contribution in [0, 0.1) is 0 Å². The highest BCUT2D eigenvalue weighted by Crippen LogP contribution is 2.06. The van der Waals surface area contributed by atoms with Crippen molar-refractivity contribution in [3.8, 4) is 0 Å². The van der Waals surface area contributed by atoms with Gasteiger partial charge >= 0.3 is 0 Å². The lowest BCUT2D eigenvalue weighted by atomic mass is 10.1. The minimum absolute atomic E-state index is 0.0772. The van der Waals surface area contributed by atoms with E-state index in [4.69, 9.17) is 0 Å². The summed E-state index contributed by atoms with van der Waals surface area (Å²) in [6, 6.07) is 0. The first-order valence-electron chi connectivity index (χ1n) is 6.17. The van der Waals surface area contributed by atoms with E-state index in [9.17, 15) is 9.59 Å². The van der Waals surface area contributed by atoms with Crippen LogP contribution in [0.4, 0.5) is 0 Å². The maximum atomic E-state index is 11.1. The summed E-state index contributed by atoms with van der Waals surface area (Å²) < 4.78 is 0. The van der Waals surface area contributed by atoms with E-state index in [1.54, 1.807) is 7.05 Å². The van der Waals surface area contributed by atoms with Gasteiger partial charge in [0.25, 0.3) is 0 Å². The van der Waals surface area contributed by atoms with Crippen LogP contribution in [0.25, 0.3) is 0 Å². The lowest BCUT2D eigenvalue weighted by Crippen LogP contribution is -2.36. The van der Waals surface area contributed by atoms with Gasteiger partial charge in [-0.15, -0.1) is 0 Å². The van der Waals surface area contributed by atoms with Gasteiger partial charge in [-0.2, -0.15) is 0 Å². The van der Waals surface area contributed by atoms with Crippen molar-refractivity contribution >= 4 is 11.7 Å². The van der Waals surface area contributed by atoms with Crippen molar-refractivity contribution in [2.45, 2.75) is 39.5 Å². The highest BCUT2D eigenvalue weighted by Gasteiger charge is 2.15. The normalized spacial score (nSPS) is 16.3. The number of nitrogens with zero attached hydrogens (tertiary/aromatic N) is 1. The topological polar surface area (TPSA) is 49.4 Å². The van der Waals surface area contributed by atoms with Gasteiger partial charge in [0.2, 0.25) is 5.91 Å². The minimum atomic E-state index is 0.0772. The Hall–Kier alpha value is -0.900. The first-order valence-corrected chi connectivity index (χ1v) is 6.17. The number of likely N-dealkylation sites (tertiary alicyclic amines) is 1. The van der Waals surface area contributed by atoms with Gasteiger partial charge in [0.15, 0.2) is 0 Å². The molecule has 4 nitrogen and oxygen atoms in total. The van der Waals surface area contributed by atoms with E-state index < -0.39 is 0 Å². The molecule has 1 rings (SSSR count). The van der Waals surface area contributed by atoms with Gasteiger partial charge in [-0.25, -0.2) is 0 Å². The molecule has 94 valence electrons. The number of hydrogen-bond acceptors (Lipinski definition) is 3. The molecule has 0 spiro atoms. The predicted octanol–water partition coefficient (Wildman–Crippen LogP) is 1.20. The molecule has 0 aromatic carbocycles. The van der Waals surface area contributed by atoms with Gasteiger partial charge in [0.1, 0.15) is 5.78 Å². The monoisotopic (exact) mass is 228 g/mol. The molecule has 0 atom stereocenters. The maximum Gasteiger partial charge on any atom is 0.219 e. The molecule has 1 aliphatic heterocycles. The molecule has 1 N–H and O–H groups in total. The third kappa shape index (κ3) is 6.56. The fourth-order valence-electron chi connectivity index (χ4n) is 1.69. The van der Waals surface area contributed by atoms with E-state index in [0.717, 1.165) is 32.4 Å². The van der Waals surface area contributed by atoms with Gasteiger partial charge in [-0.3, -0.25) is 14.5 Å². The Balaban J connectivity index is 0.00000106. The number of rotatable bonds is 4. The number of carbonyl (C=O) groups is 2. The number of piperidine rings is 1. The standard InChI is InChI=1S/C10H18N2O2.C2H6/c1-11-10(14)5-3-7-12-6-2-4-9(13)8-12;1-2/h2-8H2,1H3,(H,11,14);1-2H3. The zero-order valence-electron chi connectivity index (χ0n) is 10.7. The highest BCUT2D eigenvalue weighted by molar-refractivity contribution is 5.81. The summed E-state index contributed by atoms with van der Waals surface area (Å²) in [5.41, 5.74) is 0. The quantitative estimate of drug-likeness (QED) is 0.786. The molecule has 1 saturated heterocycles. The number of carbonyl (C=O) groups excluding carboxylic acids is 2. The van der Waals surface area contributed by atoms with Crippen molar-refractivity contribution in [3.63, 3.8) is 0 Å². The molecule has 1 amide bonds. The van der Waals surface area contributed by atoms with Gasteiger partial charge in [0, 0.05) is 19.9 Å². The van der Waals surface area contributed by atoms with Crippen LogP contribution < -0.4 is 5.32 Å². The van der Waals surface area contributed by atoms with Crippen LogP contribution in [0.5, 0.6) is 0 Å². The summed E-state index contributed by atoms with van der Waals surface area (Å²) in [6.45, 7) is 6.44. The van der Waals surface area contributed by atoms with E-state index in [-0.39, 0.29) is 5.91 Å². The lowest BCUT2D eigenvalue weighted by Gasteiger charge is -2.25.